The number of nitrogen functional groups attached to an aromatic ring is 1. The van der Waals surface area contributed by atoms with Crippen LogP contribution in [0.15, 0.2) is 12.1 Å². The van der Waals surface area contributed by atoms with Crippen molar-refractivity contribution in [3.63, 3.8) is 0 Å². The molecular formula is C16H22F2N2O2. The molecule has 0 aliphatic carbocycles. The fourth-order valence-corrected chi connectivity index (χ4v) is 2.67. The number of benzene rings is 1. The quantitative estimate of drug-likeness (QED) is 0.805. The number of likely N-dealkylation sites (tertiary alicyclic amines) is 1. The highest BCUT2D eigenvalue weighted by Crippen LogP contribution is 2.33. The Labute approximate surface area is 129 Å². The molecule has 1 heterocycles. The van der Waals surface area contributed by atoms with Gasteiger partial charge in [-0.1, -0.05) is 0 Å². The Morgan fingerprint density at radius 1 is 1.23 bits per heavy atom. The van der Waals surface area contributed by atoms with E-state index in [9.17, 15) is 13.6 Å². The van der Waals surface area contributed by atoms with E-state index in [-0.39, 0.29) is 23.3 Å². The monoisotopic (exact) mass is 312 g/mol. The van der Waals surface area contributed by atoms with Gasteiger partial charge in [-0.2, -0.15) is 0 Å². The maximum absolute atomic E-state index is 13.9. The summed E-state index contributed by atoms with van der Waals surface area (Å²) in [5.41, 5.74) is 5.02. The second kappa shape index (κ2) is 6.10. The molecular weight excluding hydrogens is 290 g/mol. The van der Waals surface area contributed by atoms with Gasteiger partial charge >= 0.3 is 6.09 Å². The minimum atomic E-state index is -0.617. The van der Waals surface area contributed by atoms with E-state index in [1.165, 1.54) is 0 Å². The molecule has 0 radical (unpaired) electrons. The predicted octanol–water partition coefficient (Wildman–Crippen LogP) is 3.66. The maximum atomic E-state index is 13.9. The van der Waals surface area contributed by atoms with Crippen molar-refractivity contribution in [2.45, 2.75) is 45.1 Å². The van der Waals surface area contributed by atoms with Crippen molar-refractivity contribution in [3.8, 4) is 0 Å². The first kappa shape index (κ1) is 16.5. The first-order valence-corrected chi connectivity index (χ1v) is 7.39. The van der Waals surface area contributed by atoms with Crippen molar-refractivity contribution in [2.75, 3.05) is 18.8 Å². The first-order chi connectivity index (χ1) is 10.2. The standard InChI is InChI=1S/C16H22F2N2O2/c1-16(2,3)22-15(21)20-6-4-10(5-7-20)14-12(17)8-11(19)9-13(14)18/h8-10H,4-7,19H2,1-3H3. The molecule has 22 heavy (non-hydrogen) atoms. The zero-order chi connectivity index (χ0) is 16.5. The third-order valence-corrected chi connectivity index (χ3v) is 3.66. The van der Waals surface area contributed by atoms with Crippen molar-refractivity contribution in [1.29, 1.82) is 0 Å². The van der Waals surface area contributed by atoms with Gasteiger partial charge in [-0.25, -0.2) is 13.6 Å². The topological polar surface area (TPSA) is 55.6 Å². The average Bonchev–Trinajstić information content (AvgIpc) is 2.36. The normalized spacial score (nSPS) is 16.7. The highest BCUT2D eigenvalue weighted by Gasteiger charge is 2.30. The van der Waals surface area contributed by atoms with Crippen LogP contribution in [-0.2, 0) is 4.74 Å². The van der Waals surface area contributed by atoms with Crippen molar-refractivity contribution in [1.82, 2.24) is 4.90 Å². The third-order valence-electron chi connectivity index (χ3n) is 3.66. The number of halogens is 2. The fourth-order valence-electron chi connectivity index (χ4n) is 2.67. The van der Waals surface area contributed by atoms with E-state index in [2.05, 4.69) is 0 Å². The first-order valence-electron chi connectivity index (χ1n) is 7.39. The van der Waals surface area contributed by atoms with Gasteiger partial charge in [0.2, 0.25) is 0 Å². The summed E-state index contributed by atoms with van der Waals surface area (Å²) >= 11 is 0. The zero-order valence-corrected chi connectivity index (χ0v) is 13.2. The number of hydrogen-bond acceptors (Lipinski definition) is 3. The van der Waals surface area contributed by atoms with Crippen LogP contribution in [-0.4, -0.2) is 29.7 Å². The van der Waals surface area contributed by atoms with Gasteiger partial charge in [0, 0.05) is 24.3 Å². The third kappa shape index (κ3) is 3.87. The summed E-state index contributed by atoms with van der Waals surface area (Å²) in [5, 5.41) is 0. The van der Waals surface area contributed by atoms with Crippen LogP contribution in [0.1, 0.15) is 45.1 Å². The highest BCUT2D eigenvalue weighted by molar-refractivity contribution is 5.68. The molecule has 0 unspecified atom stereocenters. The summed E-state index contributed by atoms with van der Waals surface area (Å²) in [6.45, 7) is 6.25. The van der Waals surface area contributed by atoms with Gasteiger partial charge in [0.1, 0.15) is 17.2 Å². The lowest BCUT2D eigenvalue weighted by molar-refractivity contribution is 0.0204. The maximum Gasteiger partial charge on any atom is 0.410 e. The summed E-state index contributed by atoms with van der Waals surface area (Å²) < 4.78 is 33.2. The van der Waals surface area contributed by atoms with Crippen molar-refractivity contribution in [3.05, 3.63) is 29.3 Å². The predicted molar refractivity (Wildman–Crippen MR) is 80.6 cm³/mol. The molecule has 4 nitrogen and oxygen atoms in total. The molecule has 1 aliphatic rings. The van der Waals surface area contributed by atoms with E-state index in [0.29, 0.717) is 25.9 Å². The van der Waals surface area contributed by atoms with Gasteiger partial charge in [-0.3, -0.25) is 0 Å². The smallest absolute Gasteiger partial charge is 0.410 e. The minimum absolute atomic E-state index is 0.0676. The minimum Gasteiger partial charge on any atom is -0.444 e. The van der Waals surface area contributed by atoms with Crippen LogP contribution in [0.3, 0.4) is 0 Å². The lowest BCUT2D eigenvalue weighted by Crippen LogP contribution is -2.41. The summed E-state index contributed by atoms with van der Waals surface area (Å²) in [4.78, 5) is 13.6. The van der Waals surface area contributed by atoms with E-state index in [4.69, 9.17) is 10.5 Å². The Bertz CT molecular complexity index is 539. The molecule has 2 rings (SSSR count). The Kier molecular flexibility index (Phi) is 4.58. The van der Waals surface area contributed by atoms with Crippen LogP contribution in [0.5, 0.6) is 0 Å². The molecule has 6 heteroatoms. The molecule has 1 fully saturated rings. The van der Waals surface area contributed by atoms with Gasteiger partial charge in [0.25, 0.3) is 0 Å². The lowest BCUT2D eigenvalue weighted by Gasteiger charge is -2.33. The number of piperidine rings is 1. The summed E-state index contributed by atoms with van der Waals surface area (Å²) in [7, 11) is 0. The molecule has 122 valence electrons. The van der Waals surface area contributed by atoms with Gasteiger partial charge in [0.05, 0.1) is 0 Å². The zero-order valence-electron chi connectivity index (χ0n) is 13.2. The number of rotatable bonds is 1. The van der Waals surface area contributed by atoms with E-state index in [1.54, 1.807) is 25.7 Å². The van der Waals surface area contributed by atoms with Gasteiger partial charge in [-0.15, -0.1) is 0 Å². The molecule has 1 aromatic rings. The Balaban J connectivity index is 2.02. The fraction of sp³-hybridized carbons (Fsp3) is 0.562. The number of nitrogens with zero attached hydrogens (tertiary/aromatic N) is 1. The summed E-state index contributed by atoms with van der Waals surface area (Å²) in [6.07, 6.45) is 0.609. The van der Waals surface area contributed by atoms with Crippen LogP contribution in [0.4, 0.5) is 19.3 Å². The van der Waals surface area contributed by atoms with Gasteiger partial charge in [0.15, 0.2) is 0 Å². The van der Waals surface area contributed by atoms with E-state index in [0.717, 1.165) is 12.1 Å². The molecule has 1 aliphatic heterocycles. The lowest BCUT2D eigenvalue weighted by atomic mass is 9.88. The van der Waals surface area contributed by atoms with Crippen LogP contribution in [0.2, 0.25) is 0 Å². The summed E-state index contributed by atoms with van der Waals surface area (Å²) in [5.74, 6) is -1.49. The molecule has 0 bridgehead atoms. The Morgan fingerprint density at radius 2 is 1.73 bits per heavy atom. The molecule has 1 amide bonds. The SMILES string of the molecule is CC(C)(C)OC(=O)N1CCC(c2c(F)cc(N)cc2F)CC1. The molecule has 2 N–H and O–H groups in total. The van der Waals surface area contributed by atoms with E-state index >= 15 is 0 Å². The van der Waals surface area contributed by atoms with Crippen molar-refractivity contribution < 1.29 is 18.3 Å². The molecule has 0 aromatic heterocycles. The number of ether oxygens (including phenoxy) is 1. The number of carbonyl (C=O) groups excluding carboxylic acids is 1. The van der Waals surface area contributed by atoms with Gasteiger partial charge < -0.3 is 15.4 Å². The number of hydrogen-bond donors (Lipinski definition) is 1. The molecule has 1 saturated heterocycles. The average molecular weight is 312 g/mol. The number of anilines is 1. The van der Waals surface area contributed by atoms with Gasteiger partial charge in [-0.05, 0) is 51.7 Å². The Hall–Kier alpha value is -1.85. The van der Waals surface area contributed by atoms with Crippen LogP contribution >= 0.6 is 0 Å². The summed E-state index contributed by atoms with van der Waals surface area (Å²) in [6, 6.07) is 2.28. The van der Waals surface area contributed by atoms with Crippen LogP contribution < -0.4 is 5.73 Å². The van der Waals surface area contributed by atoms with Crippen LogP contribution in [0.25, 0.3) is 0 Å². The number of amides is 1. The second-order valence-corrected chi connectivity index (χ2v) is 6.64. The molecule has 0 atom stereocenters. The van der Waals surface area contributed by atoms with E-state index in [1.807, 2.05) is 0 Å². The molecule has 0 saturated carbocycles. The molecule has 0 spiro atoms. The number of nitrogens with two attached hydrogens (primary N) is 1. The second-order valence-electron chi connectivity index (χ2n) is 6.64. The largest absolute Gasteiger partial charge is 0.444 e. The molecule has 1 aromatic carbocycles. The Morgan fingerprint density at radius 3 is 2.18 bits per heavy atom. The van der Waals surface area contributed by atoms with Crippen molar-refractivity contribution >= 4 is 11.8 Å². The highest BCUT2D eigenvalue weighted by atomic mass is 19.1. The van der Waals surface area contributed by atoms with Crippen LogP contribution in [0, 0.1) is 11.6 Å². The van der Waals surface area contributed by atoms with E-state index < -0.39 is 17.2 Å². The number of carbonyl (C=O) groups is 1. The van der Waals surface area contributed by atoms with Crippen molar-refractivity contribution in [2.24, 2.45) is 0 Å².